The number of fused-ring (bicyclic) bond motifs is 1. The average molecular weight is 351 g/mol. The second kappa shape index (κ2) is 6.14. The third kappa shape index (κ3) is 2.79. The Morgan fingerprint density at radius 1 is 1.23 bits per heavy atom. The van der Waals surface area contributed by atoms with Crippen LogP contribution in [0, 0.1) is 22.7 Å². The molecule has 5 heteroatoms. The minimum Gasteiger partial charge on any atom is -0.388 e. The van der Waals surface area contributed by atoms with Crippen LogP contribution in [0.3, 0.4) is 0 Å². The maximum absolute atomic E-state index is 12.4. The number of rotatable bonds is 3. The molecule has 1 saturated heterocycles. The number of aromatic amines is 1. The number of pyridine rings is 1. The number of hydrogen-bond donors (Lipinski definition) is 2. The van der Waals surface area contributed by atoms with Crippen molar-refractivity contribution >= 4 is 16.6 Å². The Hall–Kier alpha value is -2.32. The highest BCUT2D eigenvalue weighted by molar-refractivity contribution is 5.95. The molecule has 136 valence electrons. The molecule has 1 saturated carbocycles. The van der Waals surface area contributed by atoms with Gasteiger partial charge in [0.1, 0.15) is 11.6 Å². The molecular formula is C21H25N3O2. The van der Waals surface area contributed by atoms with Gasteiger partial charge in [-0.15, -0.1) is 0 Å². The minimum absolute atomic E-state index is 0.0961. The maximum atomic E-state index is 12.4. The van der Waals surface area contributed by atoms with Crippen LogP contribution >= 0.6 is 0 Å². The van der Waals surface area contributed by atoms with Crippen molar-refractivity contribution in [1.29, 1.82) is 5.26 Å². The van der Waals surface area contributed by atoms with Crippen molar-refractivity contribution in [3.05, 3.63) is 39.7 Å². The van der Waals surface area contributed by atoms with Crippen LogP contribution in [0.1, 0.15) is 56.8 Å². The van der Waals surface area contributed by atoms with Crippen LogP contribution in [0.5, 0.6) is 0 Å². The Balaban J connectivity index is 1.85. The summed E-state index contributed by atoms with van der Waals surface area (Å²) in [5, 5.41) is 20.9. The van der Waals surface area contributed by atoms with E-state index in [0.717, 1.165) is 48.1 Å². The minimum atomic E-state index is -0.569. The van der Waals surface area contributed by atoms with Crippen LogP contribution in [0.25, 0.3) is 10.9 Å². The number of nitriles is 1. The molecule has 1 unspecified atom stereocenters. The van der Waals surface area contributed by atoms with E-state index in [-0.39, 0.29) is 17.0 Å². The number of nitrogens with one attached hydrogen (secondary N) is 1. The summed E-state index contributed by atoms with van der Waals surface area (Å²) in [6, 6.07) is 7.75. The highest BCUT2D eigenvalue weighted by atomic mass is 16.3. The Kier molecular flexibility index (Phi) is 4.04. The van der Waals surface area contributed by atoms with Gasteiger partial charge in [-0.1, -0.05) is 19.9 Å². The van der Waals surface area contributed by atoms with Crippen LogP contribution in [0.2, 0.25) is 0 Å². The van der Waals surface area contributed by atoms with E-state index < -0.39 is 6.10 Å². The van der Waals surface area contributed by atoms with Gasteiger partial charge in [0.2, 0.25) is 0 Å². The Morgan fingerprint density at radius 2 is 1.92 bits per heavy atom. The van der Waals surface area contributed by atoms with Crippen molar-refractivity contribution in [3.63, 3.8) is 0 Å². The standard InChI is InChI=1S/C21H25N3O2/c1-13(2)19(25)14-3-4-17-15(11-14)18(16(12-22)20(26)23-17)24-9-7-21(5-6-21)8-10-24/h3-4,11,13,19,25H,5-10H2,1-2H3,(H,23,26). The number of aliphatic hydroxyl groups is 1. The van der Waals surface area contributed by atoms with Gasteiger partial charge < -0.3 is 15.0 Å². The summed E-state index contributed by atoms with van der Waals surface area (Å²) in [5.41, 5.74) is 2.65. The maximum Gasteiger partial charge on any atom is 0.268 e. The van der Waals surface area contributed by atoms with E-state index in [1.807, 2.05) is 32.0 Å². The van der Waals surface area contributed by atoms with Crippen LogP contribution < -0.4 is 10.5 Å². The molecule has 4 rings (SSSR count). The number of benzene rings is 1. The molecule has 2 heterocycles. The first kappa shape index (κ1) is 17.1. The smallest absolute Gasteiger partial charge is 0.268 e. The number of anilines is 1. The predicted molar refractivity (Wildman–Crippen MR) is 102 cm³/mol. The molecule has 0 bridgehead atoms. The number of H-pyrrole nitrogens is 1. The lowest BCUT2D eigenvalue weighted by Crippen LogP contribution is -2.36. The van der Waals surface area contributed by atoms with Gasteiger partial charge >= 0.3 is 0 Å². The van der Waals surface area contributed by atoms with Crippen molar-refractivity contribution in [3.8, 4) is 6.07 Å². The molecule has 1 atom stereocenters. The van der Waals surface area contributed by atoms with Crippen LogP contribution in [-0.2, 0) is 0 Å². The van der Waals surface area contributed by atoms with E-state index in [4.69, 9.17) is 0 Å². The fourth-order valence-electron chi connectivity index (χ4n) is 4.18. The van der Waals surface area contributed by atoms with E-state index in [2.05, 4.69) is 16.0 Å². The lowest BCUT2D eigenvalue weighted by atomic mass is 9.92. The Labute approximate surface area is 153 Å². The molecule has 5 nitrogen and oxygen atoms in total. The van der Waals surface area contributed by atoms with Gasteiger partial charge in [-0.05, 0) is 54.7 Å². The highest BCUT2D eigenvalue weighted by Crippen LogP contribution is 2.54. The lowest BCUT2D eigenvalue weighted by molar-refractivity contribution is 0.127. The summed E-state index contributed by atoms with van der Waals surface area (Å²) in [7, 11) is 0. The molecular weight excluding hydrogens is 326 g/mol. The normalized spacial score (nSPS) is 19.7. The lowest BCUT2D eigenvalue weighted by Gasteiger charge is -2.35. The van der Waals surface area contributed by atoms with E-state index in [0.29, 0.717) is 5.41 Å². The fourth-order valence-corrected chi connectivity index (χ4v) is 4.18. The van der Waals surface area contributed by atoms with Crippen LogP contribution in [-0.4, -0.2) is 23.2 Å². The molecule has 1 aliphatic heterocycles. The van der Waals surface area contributed by atoms with Crippen molar-refractivity contribution in [2.75, 3.05) is 18.0 Å². The second-order valence-corrected chi connectivity index (χ2v) is 8.27. The molecule has 2 fully saturated rings. The van der Waals surface area contributed by atoms with Gasteiger partial charge in [-0.2, -0.15) is 5.26 Å². The molecule has 26 heavy (non-hydrogen) atoms. The first-order chi connectivity index (χ1) is 12.4. The third-order valence-corrected chi connectivity index (χ3v) is 6.19. The number of hydrogen-bond acceptors (Lipinski definition) is 4. The van der Waals surface area contributed by atoms with Crippen LogP contribution in [0.15, 0.2) is 23.0 Å². The topological polar surface area (TPSA) is 80.1 Å². The quantitative estimate of drug-likeness (QED) is 0.887. The molecule has 2 aromatic rings. The number of aliphatic hydroxyl groups excluding tert-OH is 1. The average Bonchev–Trinajstić information content (AvgIpc) is 3.39. The van der Waals surface area contributed by atoms with E-state index >= 15 is 0 Å². The largest absolute Gasteiger partial charge is 0.388 e. The number of piperidine rings is 1. The Morgan fingerprint density at radius 3 is 2.50 bits per heavy atom. The summed E-state index contributed by atoms with van der Waals surface area (Å²) in [4.78, 5) is 17.5. The highest BCUT2D eigenvalue weighted by Gasteiger charge is 2.44. The molecule has 0 radical (unpaired) electrons. The molecule has 2 aliphatic rings. The zero-order valence-corrected chi connectivity index (χ0v) is 15.4. The summed E-state index contributed by atoms with van der Waals surface area (Å²) in [6.07, 6.45) is 4.31. The molecule has 1 aromatic heterocycles. The first-order valence-electron chi connectivity index (χ1n) is 9.47. The van der Waals surface area contributed by atoms with Gasteiger partial charge in [0.15, 0.2) is 0 Å². The van der Waals surface area contributed by atoms with Gasteiger partial charge in [0.25, 0.3) is 5.56 Å². The van der Waals surface area contributed by atoms with Gasteiger partial charge in [-0.3, -0.25) is 4.79 Å². The number of aromatic nitrogens is 1. The fraction of sp³-hybridized carbons (Fsp3) is 0.524. The summed E-state index contributed by atoms with van der Waals surface area (Å²) >= 11 is 0. The van der Waals surface area contributed by atoms with E-state index in [1.54, 1.807) is 0 Å². The van der Waals surface area contributed by atoms with Crippen molar-refractivity contribution in [1.82, 2.24) is 4.98 Å². The van der Waals surface area contributed by atoms with E-state index in [9.17, 15) is 15.2 Å². The van der Waals surface area contributed by atoms with Crippen LogP contribution in [0.4, 0.5) is 5.69 Å². The van der Waals surface area contributed by atoms with Crippen molar-refractivity contribution in [2.45, 2.75) is 45.6 Å². The van der Waals surface area contributed by atoms with Gasteiger partial charge in [-0.25, -0.2) is 0 Å². The molecule has 1 aromatic carbocycles. The summed E-state index contributed by atoms with van der Waals surface area (Å²) in [5.74, 6) is 0.0961. The zero-order valence-electron chi connectivity index (χ0n) is 15.4. The zero-order chi connectivity index (χ0) is 18.5. The van der Waals surface area contributed by atoms with Gasteiger partial charge in [0, 0.05) is 18.5 Å². The third-order valence-electron chi connectivity index (χ3n) is 6.19. The van der Waals surface area contributed by atoms with E-state index in [1.165, 1.54) is 12.8 Å². The molecule has 1 aliphatic carbocycles. The Bertz CT molecular complexity index is 940. The monoisotopic (exact) mass is 351 g/mol. The molecule has 1 spiro atoms. The predicted octanol–water partition coefficient (Wildman–Crippen LogP) is 3.47. The second-order valence-electron chi connectivity index (χ2n) is 8.27. The SMILES string of the molecule is CC(C)C(O)c1ccc2[nH]c(=O)c(C#N)c(N3CCC4(CC3)CC4)c2c1. The molecule has 2 N–H and O–H groups in total. The van der Waals surface area contributed by atoms with Gasteiger partial charge in [0.05, 0.1) is 17.3 Å². The van der Waals surface area contributed by atoms with Crippen molar-refractivity contribution in [2.24, 2.45) is 11.3 Å². The molecule has 0 amide bonds. The van der Waals surface area contributed by atoms with Crippen molar-refractivity contribution < 1.29 is 5.11 Å². The summed E-state index contributed by atoms with van der Waals surface area (Å²) in [6.45, 7) is 5.71. The first-order valence-corrected chi connectivity index (χ1v) is 9.47. The summed E-state index contributed by atoms with van der Waals surface area (Å²) < 4.78 is 0. The number of nitrogens with zero attached hydrogens (tertiary/aromatic N) is 2.